The van der Waals surface area contributed by atoms with Crippen LogP contribution in [0, 0.1) is 0 Å². The van der Waals surface area contributed by atoms with Gasteiger partial charge in [0, 0.05) is 16.7 Å². The van der Waals surface area contributed by atoms with Crippen LogP contribution < -0.4 is 0 Å². The minimum atomic E-state index is -3.99. The molecule has 0 bridgehead atoms. The van der Waals surface area contributed by atoms with Crippen molar-refractivity contribution in [3.05, 3.63) is 36.5 Å². The highest BCUT2D eigenvalue weighted by Gasteiger charge is 2.67. The molecule has 12 nitrogen and oxygen atoms in total. The summed E-state index contributed by atoms with van der Waals surface area (Å²) < 4.78 is 13.6. The largest absolute Gasteiger partial charge is 0.447 e. The summed E-state index contributed by atoms with van der Waals surface area (Å²) in [7, 11) is 0. The molecule has 4 atom stereocenters. The lowest BCUT2D eigenvalue weighted by Crippen LogP contribution is -2.70. The number of carbonyl (C=O) groups excluding carboxylic acids is 3. The van der Waals surface area contributed by atoms with Crippen molar-refractivity contribution in [1.29, 1.82) is 0 Å². The molecule has 12 heteroatoms. The van der Waals surface area contributed by atoms with Gasteiger partial charge >= 0.3 is 29.7 Å². The number of hydrogen-bond donors (Lipinski definition) is 6. The van der Waals surface area contributed by atoms with E-state index < -0.39 is 60.2 Å². The molecule has 0 aliphatic rings. The lowest BCUT2D eigenvalue weighted by Gasteiger charge is -2.43. The van der Waals surface area contributed by atoms with E-state index in [2.05, 4.69) is 33.9 Å². The van der Waals surface area contributed by atoms with E-state index in [1.54, 1.807) is 0 Å². The van der Waals surface area contributed by atoms with E-state index >= 15 is 0 Å². The standard InChI is InChI=1S/C18H26O12/c1-8(2)14(23)28-17(26,13(22)12(21)11(20)7-19)18(27,29-15(24)9(3)4)30-16(25)10(5)6/h11-13,19-22,26-27H,1,3,5,7H2,2,4,6H3/t11-,12-,13-,17-/m1/s1. The lowest BCUT2D eigenvalue weighted by molar-refractivity contribution is -0.463. The maximum Gasteiger partial charge on any atom is 0.447 e. The van der Waals surface area contributed by atoms with Gasteiger partial charge in [0.25, 0.3) is 0 Å². The zero-order valence-electron chi connectivity index (χ0n) is 16.7. The molecular formula is C18H26O12. The second-order valence-electron chi connectivity index (χ2n) is 6.47. The minimum Gasteiger partial charge on any atom is -0.416 e. The monoisotopic (exact) mass is 434 g/mol. The van der Waals surface area contributed by atoms with Gasteiger partial charge in [0.05, 0.1) is 6.61 Å². The predicted octanol–water partition coefficient (Wildman–Crippen LogP) is -2.25. The summed E-state index contributed by atoms with van der Waals surface area (Å²) in [4.78, 5) is 35.9. The molecule has 0 radical (unpaired) electrons. The molecule has 30 heavy (non-hydrogen) atoms. The van der Waals surface area contributed by atoms with Crippen molar-refractivity contribution in [2.24, 2.45) is 0 Å². The van der Waals surface area contributed by atoms with Crippen molar-refractivity contribution in [2.45, 2.75) is 50.8 Å². The Kier molecular flexibility index (Phi) is 9.52. The highest BCUT2D eigenvalue weighted by Crippen LogP contribution is 2.34. The van der Waals surface area contributed by atoms with Gasteiger partial charge in [-0.15, -0.1) is 0 Å². The first-order chi connectivity index (χ1) is 13.5. The number of aliphatic hydroxyl groups excluding tert-OH is 4. The van der Waals surface area contributed by atoms with Crippen LogP contribution in [0.3, 0.4) is 0 Å². The van der Waals surface area contributed by atoms with Crippen LogP contribution in [0.15, 0.2) is 36.5 Å². The molecule has 0 aliphatic heterocycles. The van der Waals surface area contributed by atoms with E-state index in [1.165, 1.54) is 0 Å². The third-order valence-corrected chi connectivity index (χ3v) is 3.51. The number of hydrogen-bond acceptors (Lipinski definition) is 12. The fourth-order valence-electron chi connectivity index (χ4n) is 1.68. The van der Waals surface area contributed by atoms with Crippen molar-refractivity contribution in [1.82, 2.24) is 0 Å². The first-order valence-electron chi connectivity index (χ1n) is 8.30. The Bertz CT molecular complexity index is 699. The maximum atomic E-state index is 12.0. The van der Waals surface area contributed by atoms with Crippen LogP contribution in [0.4, 0.5) is 0 Å². The fraction of sp³-hybridized carbons (Fsp3) is 0.500. The van der Waals surface area contributed by atoms with Crippen molar-refractivity contribution in [2.75, 3.05) is 6.61 Å². The molecular weight excluding hydrogens is 408 g/mol. The Hall–Kier alpha value is -2.61. The smallest absolute Gasteiger partial charge is 0.416 e. The number of aliphatic hydroxyl groups is 6. The summed E-state index contributed by atoms with van der Waals surface area (Å²) in [6, 6.07) is 0. The second-order valence-corrected chi connectivity index (χ2v) is 6.47. The van der Waals surface area contributed by atoms with Crippen molar-refractivity contribution in [3.8, 4) is 0 Å². The van der Waals surface area contributed by atoms with E-state index in [-0.39, 0.29) is 11.1 Å². The number of rotatable bonds is 11. The molecule has 0 amide bonds. The number of carbonyl (C=O) groups is 3. The molecule has 0 fully saturated rings. The Balaban J connectivity index is 6.67. The van der Waals surface area contributed by atoms with Crippen molar-refractivity contribution < 1.29 is 59.2 Å². The summed E-state index contributed by atoms with van der Waals surface area (Å²) in [6.07, 6.45) is -7.58. The summed E-state index contributed by atoms with van der Waals surface area (Å²) in [6.45, 7) is 11.8. The van der Waals surface area contributed by atoms with Gasteiger partial charge in [-0.3, -0.25) is 0 Å². The highest BCUT2D eigenvalue weighted by atomic mass is 16.9. The molecule has 0 heterocycles. The van der Waals surface area contributed by atoms with E-state index in [0.717, 1.165) is 20.8 Å². The number of esters is 3. The highest BCUT2D eigenvalue weighted by molar-refractivity contribution is 5.89. The number of ether oxygens (including phenoxy) is 3. The zero-order valence-corrected chi connectivity index (χ0v) is 16.7. The van der Waals surface area contributed by atoms with E-state index in [9.17, 15) is 39.9 Å². The van der Waals surface area contributed by atoms with Gasteiger partial charge in [0.1, 0.15) is 12.2 Å². The normalized spacial score (nSPS) is 16.3. The van der Waals surface area contributed by atoms with Gasteiger partial charge < -0.3 is 44.8 Å². The maximum absolute atomic E-state index is 12.0. The van der Waals surface area contributed by atoms with Crippen LogP contribution in [0.25, 0.3) is 0 Å². The zero-order chi connectivity index (χ0) is 24.0. The SMILES string of the molecule is C=C(C)C(=O)OC(O)(OC(=O)C(=C)C)[C@](O)(OC(=O)C(=C)C)[C@H](O)[C@H](O)[C@H](O)CO. The van der Waals surface area contributed by atoms with Crippen LogP contribution in [-0.2, 0) is 28.6 Å². The third kappa shape index (κ3) is 6.19. The Morgan fingerprint density at radius 2 is 1.13 bits per heavy atom. The fourth-order valence-corrected chi connectivity index (χ4v) is 1.68. The first-order valence-corrected chi connectivity index (χ1v) is 8.30. The minimum absolute atomic E-state index is 0.390. The van der Waals surface area contributed by atoms with Gasteiger partial charge in [-0.25, -0.2) is 14.4 Å². The molecule has 6 N–H and O–H groups in total. The first kappa shape index (κ1) is 27.4. The van der Waals surface area contributed by atoms with Gasteiger partial charge in [-0.2, -0.15) is 0 Å². The molecule has 0 unspecified atom stereocenters. The Morgan fingerprint density at radius 1 is 0.800 bits per heavy atom. The molecule has 0 saturated carbocycles. The summed E-state index contributed by atoms with van der Waals surface area (Å²) in [5.41, 5.74) is -1.18. The molecule has 0 rings (SSSR count). The predicted molar refractivity (Wildman–Crippen MR) is 97.7 cm³/mol. The van der Waals surface area contributed by atoms with Crippen LogP contribution in [-0.4, -0.2) is 85.2 Å². The molecule has 0 aromatic heterocycles. The average molecular weight is 434 g/mol. The molecule has 0 aliphatic carbocycles. The average Bonchev–Trinajstić information content (AvgIpc) is 2.65. The molecule has 170 valence electrons. The lowest BCUT2D eigenvalue weighted by atomic mass is 9.97. The summed E-state index contributed by atoms with van der Waals surface area (Å²) in [5.74, 6) is -12.4. The van der Waals surface area contributed by atoms with Crippen molar-refractivity contribution in [3.63, 3.8) is 0 Å². The van der Waals surface area contributed by atoms with Crippen LogP contribution in [0.1, 0.15) is 20.8 Å². The topological polar surface area (TPSA) is 200 Å². The van der Waals surface area contributed by atoms with E-state index in [4.69, 9.17) is 5.11 Å². The Morgan fingerprint density at radius 3 is 1.43 bits per heavy atom. The molecule has 0 aromatic carbocycles. The second kappa shape index (κ2) is 10.4. The molecule has 0 saturated heterocycles. The van der Waals surface area contributed by atoms with Gasteiger partial charge in [-0.05, 0) is 20.8 Å². The third-order valence-electron chi connectivity index (χ3n) is 3.51. The van der Waals surface area contributed by atoms with Crippen LogP contribution >= 0.6 is 0 Å². The van der Waals surface area contributed by atoms with Gasteiger partial charge in [0.2, 0.25) is 0 Å². The quantitative estimate of drug-likeness (QED) is 0.116. The van der Waals surface area contributed by atoms with Gasteiger partial charge in [0.15, 0.2) is 6.10 Å². The summed E-state index contributed by atoms with van der Waals surface area (Å²) >= 11 is 0. The molecule has 0 spiro atoms. The van der Waals surface area contributed by atoms with E-state index in [1.807, 2.05) is 0 Å². The van der Waals surface area contributed by atoms with Gasteiger partial charge in [-0.1, -0.05) is 19.7 Å². The van der Waals surface area contributed by atoms with Crippen LogP contribution in [0.5, 0.6) is 0 Å². The summed E-state index contributed by atoms with van der Waals surface area (Å²) in [5, 5.41) is 60.4. The van der Waals surface area contributed by atoms with E-state index in [0.29, 0.717) is 0 Å². The van der Waals surface area contributed by atoms with Crippen LogP contribution in [0.2, 0.25) is 0 Å². The van der Waals surface area contributed by atoms with Crippen molar-refractivity contribution >= 4 is 17.9 Å². The molecule has 0 aromatic rings. The Labute approximate surface area is 171 Å².